The number of hydrogen-bond acceptors (Lipinski definition) is 5. The molecule has 30 heavy (non-hydrogen) atoms. The van der Waals surface area contributed by atoms with Crippen LogP contribution in [-0.2, 0) is 9.59 Å². The number of ether oxygens (including phenoxy) is 1. The molecule has 4 rings (SSSR count). The molecule has 0 radical (unpaired) electrons. The number of methoxy groups -OCH3 is 1. The van der Waals surface area contributed by atoms with E-state index in [4.69, 9.17) is 16.3 Å². The minimum Gasteiger partial charge on any atom is -0.507 e. The SMILES string of the molecule is COc1ccc(Cl)cc1/C(O)=C1\C(=O)C(=O)N(C2CCCCC2)C1c1ccncc1. The molecule has 1 amide bonds. The van der Waals surface area contributed by atoms with Gasteiger partial charge in [0.2, 0.25) is 0 Å². The lowest BCUT2D eigenvalue weighted by Gasteiger charge is -2.35. The van der Waals surface area contributed by atoms with Crippen molar-refractivity contribution in [2.45, 2.75) is 44.2 Å². The van der Waals surface area contributed by atoms with E-state index < -0.39 is 17.7 Å². The molecule has 1 aromatic heterocycles. The second kappa shape index (κ2) is 8.48. The normalized spacial score (nSPS) is 21.8. The van der Waals surface area contributed by atoms with Crippen LogP contribution in [0.15, 0.2) is 48.3 Å². The molecule has 6 nitrogen and oxygen atoms in total. The van der Waals surface area contributed by atoms with Crippen LogP contribution in [0, 0.1) is 0 Å². The molecule has 0 bridgehead atoms. The molecule has 1 saturated heterocycles. The quantitative estimate of drug-likeness (QED) is 0.442. The predicted molar refractivity (Wildman–Crippen MR) is 113 cm³/mol. The predicted octanol–water partition coefficient (Wildman–Crippen LogP) is 4.50. The number of aromatic nitrogens is 1. The topological polar surface area (TPSA) is 79.7 Å². The van der Waals surface area contributed by atoms with Crippen LogP contribution in [0.25, 0.3) is 5.76 Å². The third-order valence-corrected chi connectivity index (χ3v) is 6.12. The Hall–Kier alpha value is -2.86. The van der Waals surface area contributed by atoms with Crippen LogP contribution < -0.4 is 4.74 Å². The van der Waals surface area contributed by atoms with Crippen LogP contribution >= 0.6 is 11.6 Å². The van der Waals surface area contributed by atoms with Gasteiger partial charge >= 0.3 is 0 Å². The summed E-state index contributed by atoms with van der Waals surface area (Å²) in [5.74, 6) is -1.18. The summed E-state index contributed by atoms with van der Waals surface area (Å²) in [4.78, 5) is 32.0. The molecule has 1 aromatic carbocycles. The maximum absolute atomic E-state index is 13.1. The molecule has 1 saturated carbocycles. The average Bonchev–Trinajstić information content (AvgIpc) is 3.05. The fourth-order valence-corrected chi connectivity index (χ4v) is 4.64. The fraction of sp³-hybridized carbons (Fsp3) is 0.348. The van der Waals surface area contributed by atoms with Crippen molar-refractivity contribution in [1.82, 2.24) is 9.88 Å². The number of Topliss-reactive ketones (excluding diaryl/α,β-unsaturated/α-hetero) is 1. The summed E-state index contributed by atoms with van der Waals surface area (Å²) >= 11 is 6.13. The average molecular weight is 427 g/mol. The highest BCUT2D eigenvalue weighted by Crippen LogP contribution is 2.44. The zero-order valence-corrected chi connectivity index (χ0v) is 17.4. The first kappa shape index (κ1) is 20.4. The molecule has 1 N–H and O–H groups in total. The van der Waals surface area contributed by atoms with Crippen LogP contribution in [0.1, 0.15) is 49.3 Å². The number of amides is 1. The van der Waals surface area contributed by atoms with E-state index in [1.807, 2.05) is 0 Å². The molecular weight excluding hydrogens is 404 g/mol. The number of carbonyl (C=O) groups excluding carboxylic acids is 2. The minimum atomic E-state index is -0.693. The van der Waals surface area contributed by atoms with E-state index in [1.165, 1.54) is 13.2 Å². The van der Waals surface area contributed by atoms with Gasteiger partial charge in [-0.3, -0.25) is 14.6 Å². The molecule has 2 heterocycles. The van der Waals surface area contributed by atoms with Crippen molar-refractivity contribution in [2.24, 2.45) is 0 Å². The Morgan fingerprint density at radius 2 is 1.83 bits per heavy atom. The number of aliphatic hydroxyl groups is 1. The lowest BCUT2D eigenvalue weighted by molar-refractivity contribution is -0.141. The molecule has 0 spiro atoms. The number of nitrogens with zero attached hydrogens (tertiary/aromatic N) is 2. The molecule has 1 unspecified atom stereocenters. The summed E-state index contributed by atoms with van der Waals surface area (Å²) in [5, 5.41) is 11.6. The van der Waals surface area contributed by atoms with Crippen molar-refractivity contribution in [2.75, 3.05) is 7.11 Å². The first-order valence-electron chi connectivity index (χ1n) is 10.1. The number of rotatable bonds is 4. The Balaban J connectivity index is 1.91. The molecule has 1 aliphatic heterocycles. The van der Waals surface area contributed by atoms with Gasteiger partial charge in [0.15, 0.2) is 0 Å². The largest absolute Gasteiger partial charge is 0.507 e. The Kier molecular flexibility index (Phi) is 5.77. The zero-order valence-electron chi connectivity index (χ0n) is 16.7. The third-order valence-electron chi connectivity index (χ3n) is 5.89. The summed E-state index contributed by atoms with van der Waals surface area (Å²) < 4.78 is 5.35. The van der Waals surface area contributed by atoms with Crippen molar-refractivity contribution in [3.63, 3.8) is 0 Å². The first-order chi connectivity index (χ1) is 14.5. The minimum absolute atomic E-state index is 0.0417. The van der Waals surface area contributed by atoms with E-state index >= 15 is 0 Å². The number of ketones is 1. The van der Waals surface area contributed by atoms with Gasteiger partial charge in [0.1, 0.15) is 11.5 Å². The number of likely N-dealkylation sites (tertiary alicyclic amines) is 1. The summed E-state index contributed by atoms with van der Waals surface area (Å²) in [5.41, 5.74) is 1.07. The maximum Gasteiger partial charge on any atom is 0.295 e. The Labute approximate surface area is 180 Å². The monoisotopic (exact) mass is 426 g/mol. The van der Waals surface area contributed by atoms with Crippen molar-refractivity contribution in [1.29, 1.82) is 0 Å². The van der Waals surface area contributed by atoms with Crippen LogP contribution in [0.3, 0.4) is 0 Å². The first-order valence-corrected chi connectivity index (χ1v) is 10.4. The second-order valence-corrected chi connectivity index (χ2v) is 8.06. The van der Waals surface area contributed by atoms with E-state index in [1.54, 1.807) is 41.6 Å². The molecule has 2 fully saturated rings. The molecule has 2 aromatic rings. The van der Waals surface area contributed by atoms with Crippen LogP contribution in [0.2, 0.25) is 5.02 Å². The lowest BCUT2D eigenvalue weighted by atomic mass is 9.91. The number of aliphatic hydroxyl groups excluding tert-OH is 1. The van der Waals surface area contributed by atoms with E-state index in [9.17, 15) is 14.7 Å². The highest BCUT2D eigenvalue weighted by Gasteiger charge is 2.49. The number of benzene rings is 1. The van der Waals surface area contributed by atoms with Crippen molar-refractivity contribution < 1.29 is 19.4 Å². The highest BCUT2D eigenvalue weighted by atomic mass is 35.5. The van der Waals surface area contributed by atoms with Gasteiger partial charge in [0.05, 0.1) is 24.3 Å². The van der Waals surface area contributed by atoms with Gasteiger partial charge in [-0.1, -0.05) is 30.9 Å². The van der Waals surface area contributed by atoms with Gasteiger partial charge in [0, 0.05) is 23.5 Å². The number of halogens is 1. The summed E-state index contributed by atoms with van der Waals surface area (Å²) in [7, 11) is 1.47. The van der Waals surface area contributed by atoms with Crippen molar-refractivity contribution in [3.05, 3.63) is 64.4 Å². The molecule has 1 aliphatic carbocycles. The standard InChI is InChI=1S/C23H23ClN2O4/c1-30-18-8-7-15(24)13-17(18)21(27)19-20(14-9-11-25-12-10-14)26(23(29)22(19)28)16-5-3-2-4-6-16/h7-13,16,20,27H,2-6H2,1H3/b21-19+. The summed E-state index contributed by atoms with van der Waals surface area (Å²) in [6.45, 7) is 0. The van der Waals surface area contributed by atoms with Gasteiger partial charge in [0.25, 0.3) is 11.7 Å². The molecule has 1 atom stereocenters. The lowest BCUT2D eigenvalue weighted by Crippen LogP contribution is -2.40. The van der Waals surface area contributed by atoms with E-state index in [-0.39, 0.29) is 22.9 Å². The number of hydrogen-bond donors (Lipinski definition) is 1. The van der Waals surface area contributed by atoms with Crippen LogP contribution in [-0.4, -0.2) is 39.8 Å². The van der Waals surface area contributed by atoms with E-state index in [0.29, 0.717) is 10.8 Å². The third kappa shape index (κ3) is 3.56. The summed E-state index contributed by atoms with van der Waals surface area (Å²) in [6.07, 6.45) is 8.08. The molecule has 7 heteroatoms. The van der Waals surface area contributed by atoms with Crippen LogP contribution in [0.5, 0.6) is 5.75 Å². The Bertz CT molecular complexity index is 1000. The highest BCUT2D eigenvalue weighted by molar-refractivity contribution is 6.46. The van der Waals surface area contributed by atoms with Gasteiger partial charge in [-0.25, -0.2) is 0 Å². The zero-order chi connectivity index (χ0) is 21.3. The Morgan fingerprint density at radius 3 is 2.50 bits per heavy atom. The molecule has 156 valence electrons. The second-order valence-electron chi connectivity index (χ2n) is 7.62. The van der Waals surface area contributed by atoms with E-state index in [2.05, 4.69) is 4.98 Å². The van der Waals surface area contributed by atoms with Gasteiger partial charge in [-0.05, 0) is 48.7 Å². The van der Waals surface area contributed by atoms with E-state index in [0.717, 1.165) is 37.7 Å². The Morgan fingerprint density at radius 1 is 1.13 bits per heavy atom. The van der Waals surface area contributed by atoms with Gasteiger partial charge in [-0.15, -0.1) is 0 Å². The molecule has 2 aliphatic rings. The van der Waals surface area contributed by atoms with Crippen molar-refractivity contribution >= 4 is 29.1 Å². The van der Waals surface area contributed by atoms with Crippen molar-refractivity contribution in [3.8, 4) is 5.75 Å². The van der Waals surface area contributed by atoms with Gasteiger partial charge < -0.3 is 14.7 Å². The molecular formula is C23H23ClN2O4. The number of pyridine rings is 1. The fourth-order valence-electron chi connectivity index (χ4n) is 4.47. The van der Waals surface area contributed by atoms with Gasteiger partial charge in [-0.2, -0.15) is 0 Å². The number of carbonyl (C=O) groups is 2. The smallest absolute Gasteiger partial charge is 0.295 e. The van der Waals surface area contributed by atoms with Crippen LogP contribution in [0.4, 0.5) is 0 Å². The summed E-state index contributed by atoms with van der Waals surface area (Å²) in [6, 6.07) is 7.62. The maximum atomic E-state index is 13.1.